The van der Waals surface area contributed by atoms with Gasteiger partial charge >= 0.3 is 5.97 Å². The number of esters is 1. The molecule has 3 aliphatic rings. The molecule has 0 amide bonds. The Morgan fingerprint density at radius 1 is 1.30 bits per heavy atom. The minimum Gasteiger partial charge on any atom is -0.508 e. The van der Waals surface area contributed by atoms with Crippen molar-refractivity contribution in [1.29, 1.82) is 0 Å². The number of carbonyl (C=O) groups excluding carboxylic acids is 1. The highest BCUT2D eigenvalue weighted by Gasteiger charge is 2.57. The zero-order chi connectivity index (χ0) is 19.2. The summed E-state index contributed by atoms with van der Waals surface area (Å²) in [5.41, 5.74) is 2.44. The number of phenolic OH excluding ortho intramolecular Hbond substituents is 1. The van der Waals surface area contributed by atoms with Gasteiger partial charge in [-0.05, 0) is 90.9 Å². The van der Waals surface area contributed by atoms with Crippen molar-refractivity contribution in [3.8, 4) is 5.75 Å². The van der Waals surface area contributed by atoms with E-state index in [0.717, 1.165) is 38.5 Å². The maximum Gasteiger partial charge on any atom is 0.306 e. The second-order valence-corrected chi connectivity index (χ2v) is 9.21. The topological polar surface area (TPSA) is 66.8 Å². The van der Waals surface area contributed by atoms with Crippen LogP contribution in [0.1, 0.15) is 69.4 Å². The molecule has 0 aromatic heterocycles. The van der Waals surface area contributed by atoms with Crippen molar-refractivity contribution in [2.45, 2.75) is 70.8 Å². The number of rotatable bonds is 4. The molecule has 4 rings (SSSR count). The second-order valence-electron chi connectivity index (χ2n) is 9.21. The summed E-state index contributed by atoms with van der Waals surface area (Å²) in [6, 6.07) is 5.75. The molecular formula is C23H32O4. The van der Waals surface area contributed by atoms with Crippen molar-refractivity contribution >= 4 is 5.97 Å². The van der Waals surface area contributed by atoms with E-state index in [1.54, 1.807) is 6.07 Å². The van der Waals surface area contributed by atoms with Crippen LogP contribution in [-0.4, -0.2) is 28.9 Å². The highest BCUT2D eigenvalue weighted by molar-refractivity contribution is 5.70. The predicted octanol–water partition coefficient (Wildman–Crippen LogP) is 4.18. The number of hydrogen-bond donors (Lipinski definition) is 2. The van der Waals surface area contributed by atoms with E-state index in [2.05, 4.69) is 13.0 Å². The third-order valence-electron chi connectivity index (χ3n) is 7.68. The van der Waals surface area contributed by atoms with Crippen LogP contribution >= 0.6 is 0 Å². The van der Waals surface area contributed by atoms with E-state index in [0.29, 0.717) is 36.5 Å². The van der Waals surface area contributed by atoms with E-state index in [1.807, 2.05) is 13.0 Å². The number of carbonyl (C=O) groups is 1. The van der Waals surface area contributed by atoms with Gasteiger partial charge < -0.3 is 14.9 Å². The molecule has 2 N–H and O–H groups in total. The SMILES string of the molecule is CCCOC(=O)C[C@H]1CC2(C)C(O)CCC2C2CCc3cc(O)ccc3C21. The first-order valence-corrected chi connectivity index (χ1v) is 10.6. The van der Waals surface area contributed by atoms with Crippen LogP contribution in [0.5, 0.6) is 5.75 Å². The normalized spacial score (nSPS) is 37.2. The van der Waals surface area contributed by atoms with Gasteiger partial charge in [0.15, 0.2) is 0 Å². The summed E-state index contributed by atoms with van der Waals surface area (Å²) in [5, 5.41) is 20.7. The molecule has 4 nitrogen and oxygen atoms in total. The Kier molecular flexibility index (Phi) is 4.96. The number of aliphatic hydroxyl groups excluding tert-OH is 1. The first-order chi connectivity index (χ1) is 12.9. The highest BCUT2D eigenvalue weighted by atomic mass is 16.5. The Hall–Kier alpha value is -1.55. The van der Waals surface area contributed by atoms with Crippen LogP contribution in [0.3, 0.4) is 0 Å². The van der Waals surface area contributed by atoms with Crippen LogP contribution in [-0.2, 0) is 16.0 Å². The van der Waals surface area contributed by atoms with Gasteiger partial charge in [0.1, 0.15) is 5.75 Å². The second kappa shape index (κ2) is 7.12. The van der Waals surface area contributed by atoms with Crippen molar-refractivity contribution in [2.75, 3.05) is 6.61 Å². The fourth-order valence-electron chi connectivity index (χ4n) is 6.54. The predicted molar refractivity (Wildman–Crippen MR) is 103 cm³/mol. The summed E-state index contributed by atoms with van der Waals surface area (Å²) in [6.07, 6.45) is 5.88. The maximum atomic E-state index is 12.5. The summed E-state index contributed by atoms with van der Waals surface area (Å²) in [6.45, 7) is 4.73. The zero-order valence-electron chi connectivity index (χ0n) is 16.5. The molecule has 5 unspecified atom stereocenters. The number of benzene rings is 1. The lowest BCUT2D eigenvalue weighted by atomic mass is 9.51. The Labute approximate surface area is 161 Å². The average Bonchev–Trinajstić information content (AvgIpc) is 2.94. The van der Waals surface area contributed by atoms with Gasteiger partial charge in [-0.15, -0.1) is 0 Å². The first-order valence-electron chi connectivity index (χ1n) is 10.6. The first kappa shape index (κ1) is 18.8. The summed E-state index contributed by atoms with van der Waals surface area (Å²) in [7, 11) is 0. The fraction of sp³-hybridized carbons (Fsp3) is 0.696. The van der Waals surface area contributed by atoms with Crippen molar-refractivity contribution in [2.24, 2.45) is 23.2 Å². The molecule has 2 fully saturated rings. The number of aliphatic hydroxyl groups is 1. The van der Waals surface area contributed by atoms with E-state index in [1.165, 1.54) is 11.1 Å². The van der Waals surface area contributed by atoms with Crippen molar-refractivity contribution in [1.82, 2.24) is 0 Å². The van der Waals surface area contributed by atoms with Gasteiger partial charge in [0, 0.05) is 6.42 Å². The number of fused-ring (bicyclic) bond motifs is 5. The van der Waals surface area contributed by atoms with E-state index in [9.17, 15) is 15.0 Å². The van der Waals surface area contributed by atoms with Gasteiger partial charge in [-0.1, -0.05) is 19.9 Å². The Morgan fingerprint density at radius 2 is 2.11 bits per heavy atom. The third kappa shape index (κ3) is 3.16. The van der Waals surface area contributed by atoms with Gasteiger partial charge in [0.05, 0.1) is 12.7 Å². The lowest BCUT2D eigenvalue weighted by molar-refractivity contribution is -0.147. The monoisotopic (exact) mass is 372 g/mol. The van der Waals surface area contributed by atoms with Crippen LogP contribution in [0, 0.1) is 23.2 Å². The van der Waals surface area contributed by atoms with Gasteiger partial charge in [0.25, 0.3) is 0 Å². The van der Waals surface area contributed by atoms with Crippen LogP contribution in [0.2, 0.25) is 0 Å². The molecule has 2 saturated carbocycles. The summed E-state index contributed by atoms with van der Waals surface area (Å²) >= 11 is 0. The molecule has 0 saturated heterocycles. The third-order valence-corrected chi connectivity index (χ3v) is 7.68. The molecular weight excluding hydrogens is 340 g/mol. The molecule has 4 heteroatoms. The molecule has 6 atom stereocenters. The summed E-state index contributed by atoms with van der Waals surface area (Å²) in [5.74, 6) is 1.75. The fourth-order valence-corrected chi connectivity index (χ4v) is 6.54. The van der Waals surface area contributed by atoms with Crippen molar-refractivity contribution < 1.29 is 19.7 Å². The lowest BCUT2D eigenvalue weighted by Gasteiger charge is -2.53. The number of aromatic hydroxyl groups is 1. The number of ether oxygens (including phenoxy) is 1. The van der Waals surface area contributed by atoms with Gasteiger partial charge in [0.2, 0.25) is 0 Å². The van der Waals surface area contributed by atoms with Crippen molar-refractivity contribution in [3.05, 3.63) is 29.3 Å². The van der Waals surface area contributed by atoms with Gasteiger partial charge in [-0.2, -0.15) is 0 Å². The van der Waals surface area contributed by atoms with Gasteiger partial charge in [-0.25, -0.2) is 0 Å². The van der Waals surface area contributed by atoms with E-state index in [4.69, 9.17) is 4.74 Å². The summed E-state index contributed by atoms with van der Waals surface area (Å²) in [4.78, 5) is 12.5. The Bertz CT molecular complexity index is 714. The molecule has 3 aliphatic carbocycles. The smallest absolute Gasteiger partial charge is 0.306 e. The minimum atomic E-state index is -0.265. The molecule has 0 bridgehead atoms. The molecule has 0 heterocycles. The molecule has 1 aromatic rings. The van der Waals surface area contributed by atoms with Crippen LogP contribution < -0.4 is 0 Å². The van der Waals surface area contributed by atoms with Crippen molar-refractivity contribution in [3.63, 3.8) is 0 Å². The molecule has 0 aliphatic heterocycles. The largest absolute Gasteiger partial charge is 0.508 e. The number of phenols is 1. The lowest BCUT2D eigenvalue weighted by Crippen LogP contribution is -2.48. The average molecular weight is 373 g/mol. The zero-order valence-corrected chi connectivity index (χ0v) is 16.5. The highest BCUT2D eigenvalue weighted by Crippen LogP contribution is 2.63. The van der Waals surface area contributed by atoms with Crippen LogP contribution in [0.15, 0.2) is 18.2 Å². The summed E-state index contributed by atoms with van der Waals surface area (Å²) < 4.78 is 5.41. The van der Waals surface area contributed by atoms with E-state index < -0.39 is 0 Å². The standard InChI is InChI=1S/C23H32O4/c1-3-10-27-21(26)12-15-13-23(2)19(8-9-20(23)25)18-6-4-14-11-16(24)5-7-17(14)22(15)18/h5,7,11,15,18-20,22,24-25H,3-4,6,8-10,12-13H2,1-2H3/t15-,18?,19?,20?,22?,23?/m0/s1. The number of aryl methyl sites for hydroxylation is 1. The molecule has 0 spiro atoms. The van der Waals surface area contributed by atoms with Crippen LogP contribution in [0.25, 0.3) is 0 Å². The quantitative estimate of drug-likeness (QED) is 0.778. The minimum absolute atomic E-state index is 0.0920. The maximum absolute atomic E-state index is 12.5. The molecule has 27 heavy (non-hydrogen) atoms. The van der Waals surface area contributed by atoms with E-state index in [-0.39, 0.29) is 23.4 Å². The van der Waals surface area contributed by atoms with Crippen LogP contribution in [0.4, 0.5) is 0 Å². The number of hydrogen-bond acceptors (Lipinski definition) is 4. The Morgan fingerprint density at radius 3 is 2.89 bits per heavy atom. The van der Waals surface area contributed by atoms with Gasteiger partial charge in [-0.3, -0.25) is 4.79 Å². The van der Waals surface area contributed by atoms with E-state index >= 15 is 0 Å². The molecule has 148 valence electrons. The Balaban J connectivity index is 1.69. The molecule has 0 radical (unpaired) electrons. The molecule has 1 aromatic carbocycles.